The van der Waals surface area contributed by atoms with Crippen LogP contribution in [0, 0.1) is 5.92 Å². The van der Waals surface area contributed by atoms with Crippen LogP contribution >= 0.6 is 15.9 Å². The Balaban J connectivity index is 2.51. The molecule has 6 heteroatoms. The second kappa shape index (κ2) is 6.76. The van der Waals surface area contributed by atoms with Gasteiger partial charge in [0.2, 0.25) is 5.91 Å². The molecule has 1 rings (SSSR count). The number of anilines is 1. The Labute approximate surface area is 110 Å². The molecule has 0 saturated carbocycles. The molecule has 0 aliphatic rings. The van der Waals surface area contributed by atoms with Crippen molar-refractivity contribution < 1.29 is 9.53 Å². The summed E-state index contributed by atoms with van der Waals surface area (Å²) in [5.41, 5.74) is 0.705. The Morgan fingerprint density at radius 2 is 2.35 bits per heavy atom. The summed E-state index contributed by atoms with van der Waals surface area (Å²) in [6.45, 7) is 5.25. The summed E-state index contributed by atoms with van der Waals surface area (Å²) >= 11 is 3.35. The predicted octanol–water partition coefficient (Wildman–Crippen LogP) is 1.89. The molecule has 0 fully saturated rings. The first-order chi connectivity index (χ1) is 8.04. The topological polar surface area (TPSA) is 56.1 Å². The van der Waals surface area contributed by atoms with Crippen LogP contribution in [0.25, 0.3) is 0 Å². The van der Waals surface area contributed by atoms with Crippen LogP contribution in [0.5, 0.6) is 0 Å². The van der Waals surface area contributed by atoms with E-state index in [1.165, 1.54) is 0 Å². The van der Waals surface area contributed by atoms with Gasteiger partial charge in [-0.1, -0.05) is 29.8 Å². The van der Waals surface area contributed by atoms with Crippen LogP contribution < -0.4 is 5.32 Å². The third-order valence-corrected chi connectivity index (χ3v) is 3.73. The van der Waals surface area contributed by atoms with Gasteiger partial charge in [0.1, 0.15) is 0 Å². The molecule has 0 saturated heterocycles. The number of hydrogen-bond acceptors (Lipinski definition) is 3. The van der Waals surface area contributed by atoms with E-state index in [1.807, 2.05) is 13.8 Å². The molecule has 1 unspecified atom stereocenters. The number of rotatable bonds is 6. The van der Waals surface area contributed by atoms with Gasteiger partial charge in [-0.2, -0.15) is 5.10 Å². The molecule has 0 radical (unpaired) electrons. The Kier molecular flexibility index (Phi) is 5.64. The molecule has 1 N–H and O–H groups in total. The maximum absolute atomic E-state index is 11.8. The van der Waals surface area contributed by atoms with Gasteiger partial charge in [-0.15, -0.1) is 0 Å². The number of nitrogens with zero attached hydrogens (tertiary/aromatic N) is 2. The van der Waals surface area contributed by atoms with E-state index >= 15 is 0 Å². The number of hydrogen-bond donors (Lipinski definition) is 1. The molecular weight excluding hydrogens is 286 g/mol. The second-order valence-electron chi connectivity index (χ2n) is 4.12. The molecule has 0 aromatic carbocycles. The number of nitrogens with one attached hydrogen (secondary N) is 1. The molecule has 0 aliphatic heterocycles. The second-order valence-corrected chi connectivity index (χ2v) is 5.11. The third-order valence-electron chi connectivity index (χ3n) is 2.26. The first kappa shape index (κ1) is 14.2. The molecule has 0 aliphatic carbocycles. The first-order valence-electron chi connectivity index (χ1n) is 5.51. The van der Waals surface area contributed by atoms with Gasteiger partial charge in [0.15, 0.2) is 0 Å². The van der Waals surface area contributed by atoms with Gasteiger partial charge in [0.05, 0.1) is 29.9 Å². The average molecular weight is 304 g/mol. The van der Waals surface area contributed by atoms with E-state index in [0.29, 0.717) is 18.8 Å². The van der Waals surface area contributed by atoms with Crippen LogP contribution in [-0.2, 0) is 16.1 Å². The Hall–Kier alpha value is -0.880. The number of alkyl halides is 1. The van der Waals surface area contributed by atoms with Gasteiger partial charge in [-0.05, 0) is 5.92 Å². The van der Waals surface area contributed by atoms with E-state index < -0.39 is 0 Å². The van der Waals surface area contributed by atoms with Crippen molar-refractivity contribution in [3.05, 3.63) is 12.4 Å². The minimum atomic E-state index is -0.190. The lowest BCUT2D eigenvalue weighted by molar-refractivity contribution is -0.116. The van der Waals surface area contributed by atoms with E-state index in [9.17, 15) is 4.79 Å². The molecule has 1 heterocycles. The van der Waals surface area contributed by atoms with Crippen molar-refractivity contribution in [2.24, 2.45) is 5.92 Å². The summed E-state index contributed by atoms with van der Waals surface area (Å²) in [7, 11) is 1.64. The molecule has 1 aromatic heterocycles. The largest absolute Gasteiger partial charge is 0.383 e. The summed E-state index contributed by atoms with van der Waals surface area (Å²) < 4.78 is 6.68. The highest BCUT2D eigenvalue weighted by Gasteiger charge is 2.18. The monoisotopic (exact) mass is 303 g/mol. The van der Waals surface area contributed by atoms with Crippen molar-refractivity contribution in [3.63, 3.8) is 0 Å². The number of ether oxygens (including phenoxy) is 1. The van der Waals surface area contributed by atoms with Crippen molar-refractivity contribution in [2.45, 2.75) is 25.2 Å². The minimum Gasteiger partial charge on any atom is -0.383 e. The normalized spacial score (nSPS) is 12.8. The molecule has 1 aromatic rings. The number of methoxy groups -OCH3 is 1. The maximum Gasteiger partial charge on any atom is 0.238 e. The fourth-order valence-electron chi connectivity index (χ4n) is 1.25. The zero-order valence-corrected chi connectivity index (χ0v) is 11.9. The molecule has 1 amide bonds. The SMILES string of the molecule is COCCn1cc(NC(=O)C(Br)C(C)C)cn1. The lowest BCUT2D eigenvalue weighted by Crippen LogP contribution is -2.26. The summed E-state index contributed by atoms with van der Waals surface area (Å²) in [6, 6.07) is 0. The number of aromatic nitrogens is 2. The molecule has 0 bridgehead atoms. The Bertz CT molecular complexity index is 365. The highest BCUT2D eigenvalue weighted by molar-refractivity contribution is 9.10. The zero-order valence-electron chi connectivity index (χ0n) is 10.3. The van der Waals surface area contributed by atoms with Crippen LogP contribution in [0.1, 0.15) is 13.8 Å². The number of amides is 1. The van der Waals surface area contributed by atoms with Gasteiger partial charge in [-0.25, -0.2) is 0 Å². The van der Waals surface area contributed by atoms with E-state index in [-0.39, 0.29) is 16.7 Å². The molecule has 5 nitrogen and oxygen atoms in total. The Morgan fingerprint density at radius 3 is 2.94 bits per heavy atom. The highest BCUT2D eigenvalue weighted by atomic mass is 79.9. The van der Waals surface area contributed by atoms with E-state index in [0.717, 1.165) is 0 Å². The van der Waals surface area contributed by atoms with Crippen LogP contribution in [0.15, 0.2) is 12.4 Å². The molecular formula is C11H18BrN3O2. The zero-order chi connectivity index (χ0) is 12.8. The summed E-state index contributed by atoms with van der Waals surface area (Å²) in [6.07, 6.45) is 3.42. The van der Waals surface area contributed by atoms with E-state index in [2.05, 4.69) is 26.3 Å². The highest BCUT2D eigenvalue weighted by Crippen LogP contribution is 2.15. The number of carbonyl (C=O) groups excluding carboxylic acids is 1. The summed E-state index contributed by atoms with van der Waals surface area (Å²) in [5, 5.41) is 6.93. The van der Waals surface area contributed by atoms with Crippen molar-refractivity contribution in [2.75, 3.05) is 19.0 Å². The third kappa shape index (κ3) is 4.47. The van der Waals surface area contributed by atoms with Gasteiger partial charge in [-0.3, -0.25) is 9.48 Å². The maximum atomic E-state index is 11.8. The van der Waals surface area contributed by atoms with Gasteiger partial charge < -0.3 is 10.1 Å². The summed E-state index contributed by atoms with van der Waals surface area (Å²) in [5.74, 6) is 0.199. The Morgan fingerprint density at radius 1 is 1.65 bits per heavy atom. The molecule has 17 heavy (non-hydrogen) atoms. The lowest BCUT2D eigenvalue weighted by Gasteiger charge is -2.12. The molecule has 96 valence electrons. The van der Waals surface area contributed by atoms with Gasteiger partial charge >= 0.3 is 0 Å². The van der Waals surface area contributed by atoms with Crippen LogP contribution in [-0.4, -0.2) is 34.2 Å². The predicted molar refractivity (Wildman–Crippen MR) is 70.3 cm³/mol. The summed E-state index contributed by atoms with van der Waals surface area (Å²) in [4.78, 5) is 11.6. The van der Waals surface area contributed by atoms with Crippen molar-refractivity contribution in [3.8, 4) is 0 Å². The quantitative estimate of drug-likeness (QED) is 0.817. The van der Waals surface area contributed by atoms with E-state index in [1.54, 1.807) is 24.2 Å². The molecule has 0 spiro atoms. The average Bonchev–Trinajstić information content (AvgIpc) is 2.72. The first-order valence-corrected chi connectivity index (χ1v) is 6.42. The lowest BCUT2D eigenvalue weighted by atomic mass is 10.1. The smallest absolute Gasteiger partial charge is 0.238 e. The van der Waals surface area contributed by atoms with Gasteiger partial charge in [0, 0.05) is 13.3 Å². The fourth-order valence-corrected chi connectivity index (χ4v) is 1.36. The van der Waals surface area contributed by atoms with Crippen molar-refractivity contribution in [1.29, 1.82) is 0 Å². The molecule has 1 atom stereocenters. The van der Waals surface area contributed by atoms with Crippen LogP contribution in [0.2, 0.25) is 0 Å². The van der Waals surface area contributed by atoms with E-state index in [4.69, 9.17) is 4.74 Å². The van der Waals surface area contributed by atoms with Crippen LogP contribution in [0.4, 0.5) is 5.69 Å². The fraction of sp³-hybridized carbons (Fsp3) is 0.636. The number of halogens is 1. The van der Waals surface area contributed by atoms with Crippen molar-refractivity contribution >= 4 is 27.5 Å². The van der Waals surface area contributed by atoms with Crippen molar-refractivity contribution in [1.82, 2.24) is 9.78 Å². The van der Waals surface area contributed by atoms with Gasteiger partial charge in [0.25, 0.3) is 0 Å². The standard InChI is InChI=1S/C11H18BrN3O2/c1-8(2)10(12)11(16)14-9-6-13-15(7-9)4-5-17-3/h6-8,10H,4-5H2,1-3H3,(H,14,16). The number of carbonyl (C=O) groups is 1. The minimum absolute atomic E-state index is 0.0497. The van der Waals surface area contributed by atoms with Crippen LogP contribution in [0.3, 0.4) is 0 Å².